The second-order valence-electron chi connectivity index (χ2n) is 6.81. The average Bonchev–Trinajstić information content (AvgIpc) is 3.03. The number of halogens is 1. The molecule has 6 heteroatoms. The molecule has 136 valence electrons. The van der Waals surface area contributed by atoms with E-state index in [9.17, 15) is 12.8 Å². The van der Waals surface area contributed by atoms with Crippen molar-refractivity contribution in [1.82, 2.24) is 4.90 Å². The summed E-state index contributed by atoms with van der Waals surface area (Å²) in [7, 11) is -3.59. The molecule has 25 heavy (non-hydrogen) atoms. The van der Waals surface area contributed by atoms with E-state index in [-0.39, 0.29) is 17.9 Å². The molecule has 2 unspecified atom stereocenters. The van der Waals surface area contributed by atoms with E-state index in [0.29, 0.717) is 12.5 Å². The van der Waals surface area contributed by atoms with Gasteiger partial charge in [0.15, 0.2) is 9.84 Å². The Kier molecular flexibility index (Phi) is 5.41. The van der Waals surface area contributed by atoms with Gasteiger partial charge in [0.25, 0.3) is 0 Å². The number of rotatable bonds is 5. The molecule has 0 amide bonds. The molecular weight excluding hydrogens is 341 g/mol. The predicted molar refractivity (Wildman–Crippen MR) is 96.0 cm³/mol. The summed E-state index contributed by atoms with van der Waals surface area (Å²) in [5.74, 6) is -0.0439. The van der Waals surface area contributed by atoms with Crippen LogP contribution in [0, 0.1) is 6.92 Å². The number of β-amino-alcohol motifs (C(OH)–C–C–N with tert-alkyl or cyclic N) is 1. The van der Waals surface area contributed by atoms with Gasteiger partial charge in [-0.2, -0.15) is 0 Å². The highest BCUT2D eigenvalue weighted by atomic mass is 32.2. The van der Waals surface area contributed by atoms with Crippen LogP contribution in [0.4, 0.5) is 4.39 Å². The molecule has 0 radical (unpaired) electrons. The van der Waals surface area contributed by atoms with Crippen LogP contribution in [0.15, 0.2) is 47.1 Å². The van der Waals surface area contributed by atoms with Gasteiger partial charge in [0, 0.05) is 19.5 Å². The Bertz CT molecular complexity index is 801. The van der Waals surface area contributed by atoms with Crippen LogP contribution in [0.2, 0.25) is 0 Å². The van der Waals surface area contributed by atoms with Gasteiger partial charge in [-0.05, 0) is 55.1 Å². The monoisotopic (exact) mass is 365 g/mol. The molecule has 2 atom stereocenters. The van der Waals surface area contributed by atoms with Gasteiger partial charge in [-0.3, -0.25) is 0 Å². The Morgan fingerprint density at radius 3 is 2.84 bits per heavy atom. The van der Waals surface area contributed by atoms with Crippen molar-refractivity contribution in [3.8, 4) is 0 Å². The second-order valence-corrected chi connectivity index (χ2v) is 8.98. The van der Waals surface area contributed by atoms with Gasteiger partial charge in [-0.25, -0.2) is 12.8 Å². The van der Waals surface area contributed by atoms with Crippen LogP contribution in [-0.4, -0.2) is 49.9 Å². The van der Waals surface area contributed by atoms with Crippen molar-refractivity contribution in [3.05, 3.63) is 53.4 Å². The number of benzene rings is 1. The SMILES string of the molecule is Cc1cc(S(=O)(=O)C2C=CC=C(F)C2)ccc1C1CCN(CCO)C1. The lowest BCUT2D eigenvalue weighted by atomic mass is 9.94. The first-order chi connectivity index (χ1) is 11.9. The molecule has 1 aromatic carbocycles. The summed E-state index contributed by atoms with van der Waals surface area (Å²) in [6.07, 6.45) is 5.23. The lowest BCUT2D eigenvalue weighted by molar-refractivity contribution is 0.220. The summed E-state index contributed by atoms with van der Waals surface area (Å²) in [5.41, 5.74) is 2.11. The van der Waals surface area contributed by atoms with E-state index in [1.165, 1.54) is 12.2 Å². The Morgan fingerprint density at radius 1 is 1.36 bits per heavy atom. The molecule has 2 aliphatic rings. The molecule has 3 rings (SSSR count). The zero-order chi connectivity index (χ0) is 18.0. The third-order valence-electron chi connectivity index (χ3n) is 5.10. The average molecular weight is 365 g/mol. The molecule has 1 fully saturated rings. The topological polar surface area (TPSA) is 57.6 Å². The van der Waals surface area contributed by atoms with Crippen molar-refractivity contribution in [1.29, 1.82) is 0 Å². The number of hydrogen-bond donors (Lipinski definition) is 1. The van der Waals surface area contributed by atoms with E-state index in [1.54, 1.807) is 18.2 Å². The third kappa shape index (κ3) is 3.86. The van der Waals surface area contributed by atoms with E-state index < -0.39 is 20.9 Å². The third-order valence-corrected chi connectivity index (χ3v) is 7.13. The first-order valence-corrected chi connectivity index (χ1v) is 10.2. The highest BCUT2D eigenvalue weighted by molar-refractivity contribution is 7.92. The first kappa shape index (κ1) is 18.3. The number of allylic oxidation sites excluding steroid dienone is 3. The molecule has 1 aromatic rings. The van der Waals surface area contributed by atoms with Gasteiger partial charge in [0.2, 0.25) is 0 Å². The minimum Gasteiger partial charge on any atom is -0.395 e. The van der Waals surface area contributed by atoms with Crippen molar-refractivity contribution >= 4 is 9.84 Å². The number of aliphatic hydroxyl groups excluding tert-OH is 1. The van der Waals surface area contributed by atoms with Crippen LogP contribution in [-0.2, 0) is 9.84 Å². The second kappa shape index (κ2) is 7.40. The predicted octanol–water partition coefficient (Wildman–Crippen LogP) is 2.73. The zero-order valence-corrected chi connectivity index (χ0v) is 15.2. The standard InChI is InChI=1S/C19H24FNO3S/c1-14-11-18(25(23,24)17-4-2-3-16(20)12-17)5-6-19(14)15-7-8-21(13-15)9-10-22/h2-6,11,15,17,22H,7-10,12-13H2,1H3. The molecule has 0 spiro atoms. The molecule has 1 aliphatic heterocycles. The van der Waals surface area contributed by atoms with Gasteiger partial charge in [0.1, 0.15) is 5.83 Å². The van der Waals surface area contributed by atoms with Crippen LogP contribution >= 0.6 is 0 Å². The van der Waals surface area contributed by atoms with Crippen LogP contribution in [0.3, 0.4) is 0 Å². The normalized spacial score (nSPS) is 24.5. The fourth-order valence-corrected chi connectivity index (χ4v) is 5.34. The Hall–Kier alpha value is -1.50. The Balaban J connectivity index is 1.80. The van der Waals surface area contributed by atoms with Crippen molar-refractivity contribution in [2.45, 2.75) is 35.8 Å². The molecule has 0 bridgehead atoms. The minimum absolute atomic E-state index is 0.0988. The molecule has 1 heterocycles. The van der Waals surface area contributed by atoms with E-state index in [2.05, 4.69) is 4.90 Å². The summed E-state index contributed by atoms with van der Waals surface area (Å²) in [5, 5.41) is 8.22. The number of hydrogen-bond acceptors (Lipinski definition) is 4. The fourth-order valence-electron chi connectivity index (χ4n) is 3.71. The number of sulfone groups is 1. The van der Waals surface area contributed by atoms with E-state index in [0.717, 1.165) is 30.6 Å². The lowest BCUT2D eigenvalue weighted by Gasteiger charge is -2.19. The van der Waals surface area contributed by atoms with Gasteiger partial charge in [-0.1, -0.05) is 18.2 Å². The molecule has 4 nitrogen and oxygen atoms in total. The van der Waals surface area contributed by atoms with Crippen molar-refractivity contribution < 1.29 is 17.9 Å². The van der Waals surface area contributed by atoms with Gasteiger partial charge < -0.3 is 10.0 Å². The van der Waals surface area contributed by atoms with E-state index in [4.69, 9.17) is 5.11 Å². The van der Waals surface area contributed by atoms with Crippen molar-refractivity contribution in [2.75, 3.05) is 26.2 Å². The quantitative estimate of drug-likeness (QED) is 0.872. The highest BCUT2D eigenvalue weighted by Gasteiger charge is 2.29. The molecule has 1 N–H and O–H groups in total. The van der Waals surface area contributed by atoms with Gasteiger partial charge in [0.05, 0.1) is 16.8 Å². The summed E-state index contributed by atoms with van der Waals surface area (Å²) >= 11 is 0. The number of aliphatic hydroxyl groups is 1. The van der Waals surface area contributed by atoms with E-state index >= 15 is 0 Å². The molecule has 0 saturated carbocycles. The molecule has 0 aromatic heterocycles. The zero-order valence-electron chi connectivity index (χ0n) is 14.4. The highest BCUT2D eigenvalue weighted by Crippen LogP contribution is 2.32. The number of likely N-dealkylation sites (tertiary alicyclic amines) is 1. The number of nitrogens with zero attached hydrogens (tertiary/aromatic N) is 1. The summed E-state index contributed by atoms with van der Waals surface area (Å²) in [6, 6.07) is 5.26. The summed E-state index contributed by atoms with van der Waals surface area (Å²) in [4.78, 5) is 2.47. The van der Waals surface area contributed by atoms with Gasteiger partial charge in [-0.15, -0.1) is 0 Å². The largest absolute Gasteiger partial charge is 0.395 e. The smallest absolute Gasteiger partial charge is 0.185 e. The summed E-state index contributed by atoms with van der Waals surface area (Å²) < 4.78 is 39.0. The van der Waals surface area contributed by atoms with Crippen LogP contribution in [0.5, 0.6) is 0 Å². The molecular formula is C19H24FNO3S. The van der Waals surface area contributed by atoms with Crippen LogP contribution in [0.25, 0.3) is 0 Å². The van der Waals surface area contributed by atoms with Crippen molar-refractivity contribution in [2.24, 2.45) is 0 Å². The van der Waals surface area contributed by atoms with E-state index in [1.807, 2.05) is 13.0 Å². The maximum atomic E-state index is 13.4. The fraction of sp³-hybridized carbons (Fsp3) is 0.474. The lowest BCUT2D eigenvalue weighted by Crippen LogP contribution is -2.24. The van der Waals surface area contributed by atoms with Gasteiger partial charge >= 0.3 is 0 Å². The Labute approximate surface area is 148 Å². The summed E-state index contributed by atoms with van der Waals surface area (Å²) in [6.45, 7) is 4.59. The molecule has 1 saturated heterocycles. The maximum absolute atomic E-state index is 13.4. The number of aryl methyl sites for hydroxylation is 1. The van der Waals surface area contributed by atoms with Crippen LogP contribution in [0.1, 0.15) is 29.9 Å². The minimum atomic E-state index is -3.59. The van der Waals surface area contributed by atoms with Crippen LogP contribution < -0.4 is 0 Å². The molecule has 1 aliphatic carbocycles. The first-order valence-electron chi connectivity index (χ1n) is 8.62. The maximum Gasteiger partial charge on any atom is 0.185 e. The van der Waals surface area contributed by atoms with Crippen molar-refractivity contribution in [3.63, 3.8) is 0 Å². The Morgan fingerprint density at radius 2 is 2.16 bits per heavy atom.